The number of ketones is 1. The summed E-state index contributed by atoms with van der Waals surface area (Å²) in [5, 5.41) is 0. The van der Waals surface area contributed by atoms with E-state index >= 15 is 0 Å². The minimum Gasteiger partial charge on any atom is -0.457 e. The summed E-state index contributed by atoms with van der Waals surface area (Å²) in [6.45, 7) is 3.60. The van der Waals surface area contributed by atoms with Crippen LogP contribution in [0.1, 0.15) is 41.6 Å². The maximum atomic E-state index is 12.1. The lowest BCUT2D eigenvalue weighted by atomic mass is 9.77. The van der Waals surface area contributed by atoms with Crippen LogP contribution in [0.4, 0.5) is 0 Å². The topological polar surface area (TPSA) is 78.6 Å². The highest BCUT2D eigenvalue weighted by atomic mass is 16.5. The van der Waals surface area contributed by atoms with Crippen LogP contribution in [0.5, 0.6) is 23.0 Å². The van der Waals surface area contributed by atoms with Crippen molar-refractivity contribution in [1.82, 2.24) is 0 Å². The van der Waals surface area contributed by atoms with Gasteiger partial charge in [-0.2, -0.15) is 0 Å². The molecule has 2 N–H and O–H groups in total. The lowest BCUT2D eigenvalue weighted by Gasteiger charge is -2.27. The number of hydrogen-bond acceptors (Lipinski definition) is 4. The van der Waals surface area contributed by atoms with E-state index in [4.69, 9.17) is 15.2 Å². The Morgan fingerprint density at radius 2 is 1.47 bits per heavy atom. The van der Waals surface area contributed by atoms with E-state index in [0.717, 1.165) is 43.4 Å². The quantitative estimate of drug-likeness (QED) is 0.375. The molecular weight excluding hydrogens is 426 g/mol. The number of ether oxygens (including phenoxy) is 2. The molecule has 0 aromatic heterocycles. The van der Waals surface area contributed by atoms with Gasteiger partial charge in [0.25, 0.3) is 5.91 Å². The molecule has 5 heteroatoms. The normalized spacial score (nSPS) is 17.5. The summed E-state index contributed by atoms with van der Waals surface area (Å²) in [6.07, 6.45) is 6.05. The molecule has 0 heterocycles. The van der Waals surface area contributed by atoms with Crippen LogP contribution in [0.25, 0.3) is 0 Å². The maximum absolute atomic E-state index is 12.1. The van der Waals surface area contributed by atoms with E-state index in [1.54, 1.807) is 18.2 Å². The number of amides is 1. The fraction of sp³-hybridized carbons (Fsp3) is 0.241. The Kier molecular flexibility index (Phi) is 7.43. The van der Waals surface area contributed by atoms with Crippen LogP contribution in [-0.4, -0.2) is 11.7 Å². The molecule has 0 aliphatic heterocycles. The standard InChI is InChI=1S/C29H29NO4/c1-2-27(31)22-11-8-20(9-12-22)18-21-10-17-28(26(19-21)29(30)32)34-25-15-13-24(14-16-25)33-23-6-4-3-5-7-23/h2-7,10,13-17,19-20,22H,1,8-9,11-12,18H2,(H2,30,32). The molecule has 5 nitrogen and oxygen atoms in total. The highest BCUT2D eigenvalue weighted by Crippen LogP contribution is 2.34. The van der Waals surface area contributed by atoms with Crippen LogP contribution in [0.15, 0.2) is 85.5 Å². The third-order valence-electron chi connectivity index (χ3n) is 6.31. The SMILES string of the molecule is C=CC(=O)C1CCC(Cc2ccc(Oc3ccc(Oc4ccccc4)cc3)c(C(N)=O)c2)CC1. The third-order valence-corrected chi connectivity index (χ3v) is 6.31. The zero-order valence-electron chi connectivity index (χ0n) is 19.1. The summed E-state index contributed by atoms with van der Waals surface area (Å²) >= 11 is 0. The van der Waals surface area contributed by atoms with Crippen LogP contribution < -0.4 is 15.2 Å². The van der Waals surface area contributed by atoms with Crippen LogP contribution >= 0.6 is 0 Å². The van der Waals surface area contributed by atoms with Gasteiger partial charge in [0.05, 0.1) is 5.56 Å². The molecule has 0 unspecified atom stereocenters. The van der Waals surface area contributed by atoms with Crippen molar-refractivity contribution >= 4 is 11.7 Å². The average molecular weight is 456 g/mol. The Labute approximate surface area is 200 Å². The first-order chi connectivity index (χ1) is 16.5. The number of allylic oxidation sites excluding steroid dienone is 1. The Morgan fingerprint density at radius 1 is 0.853 bits per heavy atom. The van der Waals surface area contributed by atoms with Crippen molar-refractivity contribution in [3.63, 3.8) is 0 Å². The zero-order valence-corrected chi connectivity index (χ0v) is 19.1. The minimum absolute atomic E-state index is 0.107. The van der Waals surface area contributed by atoms with E-state index in [2.05, 4.69) is 6.58 Å². The van der Waals surface area contributed by atoms with E-state index in [1.807, 2.05) is 54.6 Å². The van der Waals surface area contributed by atoms with Crippen molar-refractivity contribution in [1.29, 1.82) is 0 Å². The summed E-state index contributed by atoms with van der Waals surface area (Å²) in [5.41, 5.74) is 7.07. The van der Waals surface area contributed by atoms with Crippen LogP contribution in [-0.2, 0) is 11.2 Å². The second-order valence-electron chi connectivity index (χ2n) is 8.71. The van der Waals surface area contributed by atoms with Gasteiger partial charge in [-0.1, -0.05) is 30.8 Å². The van der Waals surface area contributed by atoms with E-state index in [9.17, 15) is 9.59 Å². The maximum Gasteiger partial charge on any atom is 0.252 e. The molecule has 0 spiro atoms. The summed E-state index contributed by atoms with van der Waals surface area (Å²) in [5.74, 6) is 2.66. The van der Waals surface area contributed by atoms with E-state index < -0.39 is 5.91 Å². The van der Waals surface area contributed by atoms with Crippen molar-refractivity contribution in [3.05, 3.63) is 96.6 Å². The molecule has 1 fully saturated rings. The molecule has 0 radical (unpaired) electrons. The summed E-state index contributed by atoms with van der Waals surface area (Å²) in [6, 6.07) is 22.4. The van der Waals surface area contributed by atoms with Crippen molar-refractivity contribution < 1.29 is 19.1 Å². The summed E-state index contributed by atoms with van der Waals surface area (Å²) < 4.78 is 11.8. The molecule has 3 aromatic carbocycles. The first-order valence-corrected chi connectivity index (χ1v) is 11.6. The van der Waals surface area contributed by atoms with Gasteiger partial charge < -0.3 is 15.2 Å². The number of rotatable bonds is 9. The van der Waals surface area contributed by atoms with Gasteiger partial charge in [0.2, 0.25) is 0 Å². The number of para-hydroxylation sites is 1. The van der Waals surface area contributed by atoms with Gasteiger partial charge in [-0.25, -0.2) is 0 Å². The Morgan fingerprint density at radius 3 is 2.09 bits per heavy atom. The molecule has 1 aliphatic rings. The van der Waals surface area contributed by atoms with Gasteiger partial charge in [-0.15, -0.1) is 0 Å². The molecule has 0 saturated heterocycles. The van der Waals surface area contributed by atoms with Crippen LogP contribution in [0.2, 0.25) is 0 Å². The smallest absolute Gasteiger partial charge is 0.252 e. The van der Waals surface area contributed by atoms with Gasteiger partial charge in [-0.3, -0.25) is 9.59 Å². The lowest BCUT2D eigenvalue weighted by Crippen LogP contribution is -2.21. The van der Waals surface area contributed by atoms with E-state index in [-0.39, 0.29) is 11.7 Å². The van der Waals surface area contributed by atoms with Crippen LogP contribution in [0, 0.1) is 11.8 Å². The molecule has 4 rings (SSSR count). The third kappa shape index (κ3) is 5.93. The number of primary amides is 1. The monoisotopic (exact) mass is 455 g/mol. The minimum atomic E-state index is -0.527. The molecule has 1 amide bonds. The largest absolute Gasteiger partial charge is 0.457 e. The number of benzene rings is 3. The molecular formula is C29H29NO4. The predicted molar refractivity (Wildman–Crippen MR) is 132 cm³/mol. The van der Waals surface area contributed by atoms with Gasteiger partial charge in [0, 0.05) is 5.92 Å². The molecule has 1 aliphatic carbocycles. The van der Waals surface area contributed by atoms with E-state index in [0.29, 0.717) is 28.7 Å². The number of carbonyl (C=O) groups is 2. The van der Waals surface area contributed by atoms with Crippen molar-refractivity contribution in [2.75, 3.05) is 0 Å². The first kappa shape index (κ1) is 23.3. The van der Waals surface area contributed by atoms with Crippen molar-refractivity contribution in [3.8, 4) is 23.0 Å². The molecule has 3 aromatic rings. The number of carbonyl (C=O) groups excluding carboxylic acids is 2. The fourth-order valence-corrected chi connectivity index (χ4v) is 4.46. The van der Waals surface area contributed by atoms with Crippen LogP contribution in [0.3, 0.4) is 0 Å². The highest BCUT2D eigenvalue weighted by Gasteiger charge is 2.25. The molecule has 1 saturated carbocycles. The molecule has 0 bridgehead atoms. The van der Waals surface area contributed by atoms with Crippen molar-refractivity contribution in [2.24, 2.45) is 17.6 Å². The van der Waals surface area contributed by atoms with Crippen molar-refractivity contribution in [2.45, 2.75) is 32.1 Å². The Hall–Kier alpha value is -3.86. The zero-order chi connectivity index (χ0) is 23.9. The van der Waals surface area contributed by atoms with Gasteiger partial charge in [0.15, 0.2) is 5.78 Å². The van der Waals surface area contributed by atoms with E-state index in [1.165, 1.54) is 6.08 Å². The fourth-order valence-electron chi connectivity index (χ4n) is 4.46. The number of hydrogen-bond donors (Lipinski definition) is 1. The Bertz CT molecular complexity index is 1150. The van der Waals surface area contributed by atoms with Gasteiger partial charge in [-0.05, 0) is 98.2 Å². The van der Waals surface area contributed by atoms with Gasteiger partial charge in [0.1, 0.15) is 23.0 Å². The second kappa shape index (κ2) is 10.8. The average Bonchev–Trinajstić information content (AvgIpc) is 2.86. The summed E-state index contributed by atoms with van der Waals surface area (Å²) in [7, 11) is 0. The second-order valence-corrected chi connectivity index (χ2v) is 8.71. The predicted octanol–water partition coefficient (Wildman–Crippen LogP) is 6.47. The lowest BCUT2D eigenvalue weighted by molar-refractivity contribution is -0.119. The van der Waals surface area contributed by atoms with Gasteiger partial charge >= 0.3 is 0 Å². The molecule has 34 heavy (non-hydrogen) atoms. The Balaban J connectivity index is 1.40. The molecule has 0 atom stereocenters. The first-order valence-electron chi connectivity index (χ1n) is 11.6. The number of nitrogens with two attached hydrogens (primary N) is 1. The highest BCUT2D eigenvalue weighted by molar-refractivity contribution is 5.96. The molecule has 174 valence electrons. The summed E-state index contributed by atoms with van der Waals surface area (Å²) in [4.78, 5) is 24.0.